The molecule has 1 aliphatic rings. The van der Waals surface area contributed by atoms with Gasteiger partial charge in [-0.05, 0) is 32.8 Å². The van der Waals surface area contributed by atoms with Crippen LogP contribution in [0.4, 0.5) is 0 Å². The van der Waals surface area contributed by atoms with Crippen molar-refractivity contribution in [2.45, 2.75) is 46.6 Å². The highest BCUT2D eigenvalue weighted by atomic mass is 16.4. The van der Waals surface area contributed by atoms with Crippen LogP contribution in [0.15, 0.2) is 6.07 Å². The van der Waals surface area contributed by atoms with E-state index in [1.54, 1.807) is 9.58 Å². The van der Waals surface area contributed by atoms with E-state index in [-0.39, 0.29) is 12.5 Å². The van der Waals surface area contributed by atoms with E-state index in [9.17, 15) is 14.7 Å². The van der Waals surface area contributed by atoms with Crippen LogP contribution in [-0.2, 0) is 16.1 Å². The molecule has 6 nitrogen and oxygen atoms in total. The molecule has 1 unspecified atom stereocenters. The molecule has 0 saturated carbocycles. The van der Waals surface area contributed by atoms with E-state index >= 15 is 0 Å². The van der Waals surface area contributed by atoms with Crippen LogP contribution in [0.3, 0.4) is 0 Å². The number of rotatable bonds is 5. The van der Waals surface area contributed by atoms with Gasteiger partial charge in [-0.15, -0.1) is 0 Å². The van der Waals surface area contributed by atoms with Crippen molar-refractivity contribution in [3.8, 4) is 0 Å². The van der Waals surface area contributed by atoms with Crippen molar-refractivity contribution in [3.05, 3.63) is 17.5 Å². The van der Waals surface area contributed by atoms with Gasteiger partial charge in [0.25, 0.3) is 0 Å². The Kier molecular flexibility index (Phi) is 4.34. The van der Waals surface area contributed by atoms with Gasteiger partial charge in [-0.25, -0.2) is 0 Å². The molecule has 2 rings (SSSR count). The number of aliphatic carboxylic acids is 1. The zero-order valence-corrected chi connectivity index (χ0v) is 12.9. The maximum absolute atomic E-state index is 12.4. The third-order valence-corrected chi connectivity index (χ3v) is 4.28. The smallest absolute Gasteiger partial charge is 0.311 e. The second-order valence-electron chi connectivity index (χ2n) is 5.99. The normalized spacial score (nSPS) is 21.8. The summed E-state index contributed by atoms with van der Waals surface area (Å²) in [6.07, 6.45) is 1.97. The fraction of sp³-hybridized carbons (Fsp3) is 0.667. The molecular weight excluding hydrogens is 270 g/mol. The molecule has 116 valence electrons. The van der Waals surface area contributed by atoms with Gasteiger partial charge in [0.05, 0.1) is 11.1 Å². The Hall–Kier alpha value is -1.85. The Morgan fingerprint density at radius 2 is 2.14 bits per heavy atom. The van der Waals surface area contributed by atoms with Crippen LogP contribution in [-0.4, -0.2) is 44.8 Å². The quantitative estimate of drug-likeness (QED) is 0.894. The van der Waals surface area contributed by atoms with E-state index in [0.29, 0.717) is 25.9 Å². The van der Waals surface area contributed by atoms with Crippen LogP contribution < -0.4 is 0 Å². The van der Waals surface area contributed by atoms with Crippen LogP contribution in [0.5, 0.6) is 0 Å². The molecule has 1 amide bonds. The predicted molar refractivity (Wildman–Crippen MR) is 77.9 cm³/mol. The monoisotopic (exact) mass is 293 g/mol. The molecule has 0 aromatic carbocycles. The lowest BCUT2D eigenvalue weighted by atomic mass is 9.83. The van der Waals surface area contributed by atoms with Gasteiger partial charge in [0.2, 0.25) is 5.91 Å². The van der Waals surface area contributed by atoms with Gasteiger partial charge < -0.3 is 10.0 Å². The van der Waals surface area contributed by atoms with Gasteiger partial charge in [0, 0.05) is 18.8 Å². The Morgan fingerprint density at radius 1 is 1.43 bits per heavy atom. The topological polar surface area (TPSA) is 75.4 Å². The molecule has 0 bridgehead atoms. The summed E-state index contributed by atoms with van der Waals surface area (Å²) in [6.45, 7) is 6.79. The number of amides is 1. The second-order valence-corrected chi connectivity index (χ2v) is 5.99. The molecule has 1 fully saturated rings. The van der Waals surface area contributed by atoms with Crippen LogP contribution in [0.2, 0.25) is 0 Å². The van der Waals surface area contributed by atoms with Crippen LogP contribution in [0, 0.1) is 19.3 Å². The molecule has 0 aliphatic carbocycles. The Bertz CT molecular complexity index is 552. The largest absolute Gasteiger partial charge is 0.481 e. The van der Waals surface area contributed by atoms with E-state index < -0.39 is 11.4 Å². The molecule has 1 aromatic heterocycles. The van der Waals surface area contributed by atoms with Crippen LogP contribution >= 0.6 is 0 Å². The summed E-state index contributed by atoms with van der Waals surface area (Å²) in [5, 5.41) is 13.8. The number of carbonyl (C=O) groups is 2. The molecule has 0 radical (unpaired) electrons. The average Bonchev–Trinajstić information content (AvgIpc) is 2.95. The summed E-state index contributed by atoms with van der Waals surface area (Å²) >= 11 is 0. The van der Waals surface area contributed by atoms with Crippen LogP contribution in [0.1, 0.15) is 37.6 Å². The minimum atomic E-state index is -0.786. The first-order valence-corrected chi connectivity index (χ1v) is 7.40. The minimum Gasteiger partial charge on any atom is -0.481 e. The SMILES string of the molecule is CCCC1(C(=O)O)CCN(C(=O)Cn2nc(C)cc2C)C1. The number of carboxylic acid groups (broad SMARTS) is 1. The van der Waals surface area contributed by atoms with Crippen molar-refractivity contribution in [1.82, 2.24) is 14.7 Å². The summed E-state index contributed by atoms with van der Waals surface area (Å²) in [5.41, 5.74) is 1.06. The van der Waals surface area contributed by atoms with Crippen molar-refractivity contribution in [3.63, 3.8) is 0 Å². The molecule has 1 N–H and O–H groups in total. The third kappa shape index (κ3) is 3.09. The molecule has 2 heterocycles. The lowest BCUT2D eigenvalue weighted by molar-refractivity contribution is -0.149. The molecule has 21 heavy (non-hydrogen) atoms. The lowest BCUT2D eigenvalue weighted by Crippen LogP contribution is -2.38. The van der Waals surface area contributed by atoms with Crippen molar-refractivity contribution in [1.29, 1.82) is 0 Å². The van der Waals surface area contributed by atoms with Gasteiger partial charge in [-0.2, -0.15) is 5.10 Å². The Morgan fingerprint density at radius 3 is 2.67 bits per heavy atom. The standard InChI is InChI=1S/C15H23N3O3/c1-4-5-15(14(20)21)6-7-17(10-15)13(19)9-18-12(3)8-11(2)16-18/h8H,4-7,9-10H2,1-3H3,(H,20,21). The third-order valence-electron chi connectivity index (χ3n) is 4.28. The maximum Gasteiger partial charge on any atom is 0.311 e. The number of hydrogen-bond acceptors (Lipinski definition) is 3. The van der Waals surface area contributed by atoms with Gasteiger partial charge in [-0.1, -0.05) is 13.3 Å². The number of carboxylic acids is 1. The molecule has 1 saturated heterocycles. The fourth-order valence-electron chi connectivity index (χ4n) is 3.11. The molecule has 6 heteroatoms. The number of nitrogens with zero attached hydrogens (tertiary/aromatic N) is 3. The number of hydrogen-bond donors (Lipinski definition) is 1. The lowest BCUT2D eigenvalue weighted by Gasteiger charge is -2.24. The first kappa shape index (κ1) is 15.5. The van der Waals surface area contributed by atoms with Crippen molar-refractivity contribution >= 4 is 11.9 Å². The van der Waals surface area contributed by atoms with Crippen molar-refractivity contribution < 1.29 is 14.7 Å². The van der Waals surface area contributed by atoms with E-state index in [2.05, 4.69) is 5.10 Å². The number of aromatic nitrogens is 2. The first-order chi connectivity index (χ1) is 9.88. The summed E-state index contributed by atoms with van der Waals surface area (Å²) in [6, 6.07) is 1.93. The highest BCUT2D eigenvalue weighted by Crippen LogP contribution is 2.35. The zero-order chi connectivity index (χ0) is 15.6. The van der Waals surface area contributed by atoms with Gasteiger partial charge in [-0.3, -0.25) is 14.3 Å². The molecule has 1 aliphatic heterocycles. The highest BCUT2D eigenvalue weighted by molar-refractivity contribution is 5.80. The summed E-state index contributed by atoms with van der Waals surface area (Å²) in [7, 11) is 0. The average molecular weight is 293 g/mol. The van der Waals surface area contributed by atoms with Gasteiger partial charge >= 0.3 is 5.97 Å². The van der Waals surface area contributed by atoms with Crippen molar-refractivity contribution in [2.24, 2.45) is 5.41 Å². The van der Waals surface area contributed by atoms with Gasteiger partial charge in [0.15, 0.2) is 0 Å². The van der Waals surface area contributed by atoms with E-state index in [4.69, 9.17) is 0 Å². The predicted octanol–water partition coefficient (Wildman–Crippen LogP) is 1.60. The van der Waals surface area contributed by atoms with Crippen LogP contribution in [0.25, 0.3) is 0 Å². The molecule has 1 aromatic rings. The Balaban J connectivity index is 2.05. The molecular formula is C15H23N3O3. The van der Waals surface area contributed by atoms with Crippen molar-refractivity contribution in [2.75, 3.05) is 13.1 Å². The van der Waals surface area contributed by atoms with E-state index in [1.165, 1.54) is 0 Å². The maximum atomic E-state index is 12.4. The summed E-state index contributed by atoms with van der Waals surface area (Å²) in [4.78, 5) is 25.6. The second kappa shape index (κ2) is 5.87. The number of aryl methyl sites for hydroxylation is 2. The van der Waals surface area contributed by atoms with E-state index in [0.717, 1.165) is 17.8 Å². The number of carbonyl (C=O) groups excluding carboxylic acids is 1. The zero-order valence-electron chi connectivity index (χ0n) is 12.9. The fourth-order valence-corrected chi connectivity index (χ4v) is 3.11. The number of likely N-dealkylation sites (tertiary alicyclic amines) is 1. The molecule has 0 spiro atoms. The summed E-state index contributed by atoms with van der Waals surface area (Å²) in [5.74, 6) is -0.841. The summed E-state index contributed by atoms with van der Waals surface area (Å²) < 4.78 is 1.68. The van der Waals surface area contributed by atoms with E-state index in [1.807, 2.05) is 26.8 Å². The first-order valence-electron chi connectivity index (χ1n) is 7.40. The Labute approximate surface area is 124 Å². The van der Waals surface area contributed by atoms with Gasteiger partial charge in [0.1, 0.15) is 6.54 Å². The highest BCUT2D eigenvalue weighted by Gasteiger charge is 2.45. The molecule has 1 atom stereocenters. The minimum absolute atomic E-state index is 0.0552.